The molecule has 0 saturated heterocycles. The Morgan fingerprint density at radius 1 is 1.39 bits per heavy atom. The molecular weight excluding hydrogens is 269 g/mol. The Kier molecular flexibility index (Phi) is 5.97. The number of amides is 1. The molecule has 2 nitrogen and oxygen atoms in total. The first-order valence-electron chi connectivity index (χ1n) is 6.08. The van der Waals surface area contributed by atoms with Gasteiger partial charge in [-0.25, -0.2) is 0 Å². The molecule has 1 rings (SSSR count). The average Bonchev–Trinajstić information content (AvgIpc) is 2.28. The van der Waals surface area contributed by atoms with Crippen molar-refractivity contribution < 1.29 is 4.79 Å². The van der Waals surface area contributed by atoms with Crippen molar-refractivity contribution in [3.63, 3.8) is 0 Å². The molecule has 18 heavy (non-hydrogen) atoms. The number of halogens is 2. The van der Waals surface area contributed by atoms with E-state index in [1.165, 1.54) is 0 Å². The van der Waals surface area contributed by atoms with Gasteiger partial charge in [0.2, 0.25) is 0 Å². The highest BCUT2D eigenvalue weighted by Crippen LogP contribution is 2.16. The van der Waals surface area contributed by atoms with E-state index < -0.39 is 0 Å². The molecule has 1 amide bonds. The van der Waals surface area contributed by atoms with Crippen molar-refractivity contribution in [2.24, 2.45) is 5.92 Å². The Labute approximate surface area is 119 Å². The van der Waals surface area contributed by atoms with Crippen molar-refractivity contribution in [1.82, 2.24) is 5.32 Å². The molecule has 1 N–H and O–H groups in total. The van der Waals surface area contributed by atoms with Gasteiger partial charge >= 0.3 is 0 Å². The molecule has 0 spiro atoms. The molecule has 1 aromatic rings. The number of hydrogen-bond acceptors (Lipinski definition) is 1. The van der Waals surface area contributed by atoms with Gasteiger partial charge in [-0.1, -0.05) is 31.5 Å². The second-order valence-electron chi connectivity index (χ2n) is 4.90. The van der Waals surface area contributed by atoms with Gasteiger partial charge in [0, 0.05) is 17.1 Å². The van der Waals surface area contributed by atoms with Crippen LogP contribution in [0.4, 0.5) is 0 Å². The number of carbonyl (C=O) groups excluding carboxylic acids is 1. The molecule has 100 valence electrons. The van der Waals surface area contributed by atoms with Gasteiger partial charge < -0.3 is 5.32 Å². The summed E-state index contributed by atoms with van der Waals surface area (Å²) in [6.07, 6.45) is 0.885. The molecule has 0 aromatic heterocycles. The first kappa shape index (κ1) is 15.3. The standard InChI is InChI=1S/C14H19Cl2NO/c1-9(2)6-12(15)8-17-14(18)11-5-4-10(3)13(16)7-11/h4-5,7,9,12H,6,8H2,1-3H3,(H,17,18). The van der Waals surface area contributed by atoms with Crippen LogP contribution in [0.25, 0.3) is 0 Å². The Morgan fingerprint density at radius 2 is 2.06 bits per heavy atom. The van der Waals surface area contributed by atoms with Crippen LogP contribution < -0.4 is 5.32 Å². The van der Waals surface area contributed by atoms with Gasteiger partial charge in [0.15, 0.2) is 0 Å². The summed E-state index contributed by atoms with van der Waals surface area (Å²) in [5, 5.41) is 3.39. The third kappa shape index (κ3) is 4.87. The lowest BCUT2D eigenvalue weighted by Crippen LogP contribution is -2.30. The van der Waals surface area contributed by atoms with Gasteiger partial charge in [0.1, 0.15) is 0 Å². The highest BCUT2D eigenvalue weighted by Gasteiger charge is 2.11. The molecule has 0 heterocycles. The van der Waals surface area contributed by atoms with E-state index in [0.29, 0.717) is 23.0 Å². The van der Waals surface area contributed by atoms with E-state index in [4.69, 9.17) is 23.2 Å². The maximum Gasteiger partial charge on any atom is 0.251 e. The summed E-state index contributed by atoms with van der Waals surface area (Å²) in [7, 11) is 0. The number of alkyl halides is 1. The zero-order valence-electron chi connectivity index (χ0n) is 11.0. The Balaban J connectivity index is 2.52. The monoisotopic (exact) mass is 287 g/mol. The zero-order valence-corrected chi connectivity index (χ0v) is 12.5. The Hall–Kier alpha value is -0.730. The topological polar surface area (TPSA) is 29.1 Å². The minimum atomic E-state index is -0.133. The SMILES string of the molecule is Cc1ccc(C(=O)NCC(Cl)CC(C)C)cc1Cl. The highest BCUT2D eigenvalue weighted by molar-refractivity contribution is 6.31. The number of carbonyl (C=O) groups is 1. The Morgan fingerprint density at radius 3 is 2.61 bits per heavy atom. The van der Waals surface area contributed by atoms with Crippen LogP contribution in [0.3, 0.4) is 0 Å². The number of benzene rings is 1. The fourth-order valence-electron chi connectivity index (χ4n) is 1.63. The lowest BCUT2D eigenvalue weighted by Gasteiger charge is -2.13. The van der Waals surface area contributed by atoms with Crippen LogP contribution in [-0.2, 0) is 0 Å². The zero-order chi connectivity index (χ0) is 13.7. The first-order chi connectivity index (χ1) is 8.40. The predicted octanol–water partition coefficient (Wildman–Crippen LogP) is 4.03. The van der Waals surface area contributed by atoms with E-state index in [0.717, 1.165) is 12.0 Å². The van der Waals surface area contributed by atoms with E-state index in [-0.39, 0.29) is 11.3 Å². The minimum absolute atomic E-state index is 0.0325. The van der Waals surface area contributed by atoms with Crippen LogP contribution in [0.1, 0.15) is 36.2 Å². The molecule has 0 aliphatic carbocycles. The number of aryl methyl sites for hydroxylation is 1. The van der Waals surface area contributed by atoms with Gasteiger partial charge in [-0.15, -0.1) is 11.6 Å². The summed E-state index contributed by atoms with van der Waals surface area (Å²) in [5.74, 6) is 0.393. The van der Waals surface area contributed by atoms with Crippen molar-refractivity contribution in [1.29, 1.82) is 0 Å². The summed E-state index contributed by atoms with van der Waals surface area (Å²) in [5.41, 5.74) is 1.53. The summed E-state index contributed by atoms with van der Waals surface area (Å²) in [4.78, 5) is 11.9. The second kappa shape index (κ2) is 7.01. The number of nitrogens with one attached hydrogen (secondary N) is 1. The summed E-state index contributed by atoms with van der Waals surface area (Å²) in [6, 6.07) is 5.28. The van der Waals surface area contributed by atoms with Crippen LogP contribution in [-0.4, -0.2) is 17.8 Å². The van der Waals surface area contributed by atoms with Crippen molar-refractivity contribution in [2.75, 3.05) is 6.54 Å². The highest BCUT2D eigenvalue weighted by atomic mass is 35.5. The number of hydrogen-bond donors (Lipinski definition) is 1. The fraction of sp³-hybridized carbons (Fsp3) is 0.500. The third-order valence-corrected chi connectivity index (χ3v) is 3.38. The quantitative estimate of drug-likeness (QED) is 0.814. The van der Waals surface area contributed by atoms with Gasteiger partial charge in [0.25, 0.3) is 5.91 Å². The van der Waals surface area contributed by atoms with E-state index in [9.17, 15) is 4.79 Å². The maximum absolute atomic E-state index is 11.9. The summed E-state index contributed by atoms with van der Waals surface area (Å²) in [6.45, 7) is 6.60. The lowest BCUT2D eigenvalue weighted by atomic mass is 10.1. The molecule has 0 fully saturated rings. The van der Waals surface area contributed by atoms with Gasteiger partial charge in [-0.3, -0.25) is 4.79 Å². The molecule has 1 atom stereocenters. The van der Waals surface area contributed by atoms with Crippen molar-refractivity contribution in [2.45, 2.75) is 32.6 Å². The maximum atomic E-state index is 11.9. The van der Waals surface area contributed by atoms with Crippen LogP contribution in [0.15, 0.2) is 18.2 Å². The molecule has 0 saturated carbocycles. The van der Waals surface area contributed by atoms with Crippen molar-refractivity contribution in [3.05, 3.63) is 34.3 Å². The molecule has 0 aliphatic heterocycles. The van der Waals surface area contributed by atoms with E-state index in [2.05, 4.69) is 19.2 Å². The molecule has 0 radical (unpaired) electrons. The largest absolute Gasteiger partial charge is 0.351 e. The van der Waals surface area contributed by atoms with E-state index >= 15 is 0 Å². The molecular formula is C14H19Cl2NO. The minimum Gasteiger partial charge on any atom is -0.351 e. The summed E-state index contributed by atoms with van der Waals surface area (Å²) < 4.78 is 0. The predicted molar refractivity (Wildman–Crippen MR) is 77.6 cm³/mol. The first-order valence-corrected chi connectivity index (χ1v) is 6.90. The number of rotatable bonds is 5. The smallest absolute Gasteiger partial charge is 0.251 e. The average molecular weight is 288 g/mol. The molecule has 1 aromatic carbocycles. The Bertz CT molecular complexity index is 418. The van der Waals surface area contributed by atoms with Crippen LogP contribution in [0.5, 0.6) is 0 Å². The second-order valence-corrected chi connectivity index (χ2v) is 5.93. The van der Waals surface area contributed by atoms with Gasteiger partial charge in [-0.05, 0) is 37.0 Å². The summed E-state index contributed by atoms with van der Waals surface area (Å²) >= 11 is 12.1. The third-order valence-electron chi connectivity index (χ3n) is 2.65. The van der Waals surface area contributed by atoms with Crippen molar-refractivity contribution in [3.8, 4) is 0 Å². The molecule has 0 bridgehead atoms. The van der Waals surface area contributed by atoms with E-state index in [1.54, 1.807) is 12.1 Å². The van der Waals surface area contributed by atoms with Gasteiger partial charge in [0.05, 0.1) is 5.38 Å². The van der Waals surface area contributed by atoms with Crippen LogP contribution in [0, 0.1) is 12.8 Å². The van der Waals surface area contributed by atoms with Crippen LogP contribution in [0.2, 0.25) is 5.02 Å². The molecule has 4 heteroatoms. The van der Waals surface area contributed by atoms with Crippen molar-refractivity contribution >= 4 is 29.1 Å². The normalized spacial score (nSPS) is 12.6. The molecule has 1 unspecified atom stereocenters. The van der Waals surface area contributed by atoms with Crippen LogP contribution >= 0.6 is 23.2 Å². The van der Waals surface area contributed by atoms with Gasteiger partial charge in [-0.2, -0.15) is 0 Å². The van der Waals surface area contributed by atoms with E-state index in [1.807, 2.05) is 13.0 Å². The fourth-order valence-corrected chi connectivity index (χ4v) is 2.25. The molecule has 0 aliphatic rings. The lowest BCUT2D eigenvalue weighted by molar-refractivity contribution is 0.0953.